The fourth-order valence-electron chi connectivity index (χ4n) is 2.57. The van der Waals surface area contributed by atoms with Gasteiger partial charge in [-0.1, -0.05) is 36.0 Å². The Morgan fingerprint density at radius 2 is 1.81 bits per heavy atom. The second kappa shape index (κ2) is 7.89. The average Bonchev–Trinajstić information content (AvgIpc) is 2.66. The monoisotopic (exact) mass is 378 g/mol. The van der Waals surface area contributed by atoms with Crippen molar-refractivity contribution in [2.24, 2.45) is 0 Å². The molecule has 1 heterocycles. The number of carboxylic acid groups (broad SMARTS) is 1. The summed E-state index contributed by atoms with van der Waals surface area (Å²) in [5.41, 5.74) is 0.0704. The third-order valence-corrected chi connectivity index (χ3v) is 4.85. The normalized spacial score (nSPS) is 10.5. The molecular weight excluding hydrogens is 364 g/mol. The lowest BCUT2D eigenvalue weighted by Gasteiger charge is -2.09. The number of rotatable bonds is 6. The number of nitriles is 1. The zero-order chi connectivity index (χ0) is 19.4. The van der Waals surface area contributed by atoms with E-state index < -0.39 is 17.5 Å². The van der Waals surface area contributed by atoms with Crippen LogP contribution in [0.25, 0.3) is 10.9 Å². The molecule has 3 aromatic rings. The number of benzene rings is 2. The first-order valence-electron chi connectivity index (χ1n) is 8.04. The number of pyridine rings is 1. The maximum atomic E-state index is 12.3. The number of hydrogen-bond acceptors (Lipinski definition) is 6. The summed E-state index contributed by atoms with van der Waals surface area (Å²) in [6.45, 7) is 0. The lowest BCUT2D eigenvalue weighted by atomic mass is 10.0. The number of carboxylic acids is 1. The molecule has 0 unspecified atom stereocenters. The fourth-order valence-corrected chi connectivity index (χ4v) is 3.44. The summed E-state index contributed by atoms with van der Waals surface area (Å²) >= 11 is 1.50. The van der Waals surface area contributed by atoms with Gasteiger partial charge in [-0.05, 0) is 24.3 Å². The molecule has 0 spiro atoms. The van der Waals surface area contributed by atoms with Crippen LogP contribution in [0.5, 0.6) is 5.75 Å². The predicted octanol–water partition coefficient (Wildman–Crippen LogP) is 4.01. The standard InChI is InChI=1S/C20H14N2O4S/c21-11-15-14-7-6-13(27-12-4-2-1-3-5-12)10-16(14)22-19(20(15)26)17(23)8-9-18(24)25/h1-7,10,26H,8-9H2,(H,24,25). The van der Waals surface area contributed by atoms with Crippen LogP contribution in [0, 0.1) is 11.3 Å². The first-order valence-corrected chi connectivity index (χ1v) is 8.86. The van der Waals surface area contributed by atoms with Crippen LogP contribution < -0.4 is 0 Å². The molecule has 2 N–H and O–H groups in total. The molecule has 0 bridgehead atoms. The molecule has 7 heteroatoms. The van der Waals surface area contributed by atoms with Crippen LogP contribution >= 0.6 is 11.8 Å². The van der Waals surface area contributed by atoms with Crippen molar-refractivity contribution in [2.75, 3.05) is 0 Å². The molecule has 6 nitrogen and oxygen atoms in total. The average molecular weight is 378 g/mol. The maximum Gasteiger partial charge on any atom is 0.303 e. The zero-order valence-corrected chi connectivity index (χ0v) is 14.9. The molecule has 134 valence electrons. The highest BCUT2D eigenvalue weighted by atomic mass is 32.2. The third-order valence-electron chi connectivity index (χ3n) is 3.85. The van der Waals surface area contributed by atoms with E-state index in [4.69, 9.17) is 5.11 Å². The number of fused-ring (bicyclic) bond motifs is 1. The Labute approximate surface area is 159 Å². The summed E-state index contributed by atoms with van der Waals surface area (Å²) in [5, 5.41) is 28.8. The van der Waals surface area contributed by atoms with Gasteiger partial charge in [-0.15, -0.1) is 0 Å². The lowest BCUT2D eigenvalue weighted by molar-refractivity contribution is -0.136. The SMILES string of the molecule is N#Cc1c(O)c(C(=O)CCC(=O)O)nc2cc(Sc3ccccc3)ccc12. The van der Waals surface area contributed by atoms with Crippen molar-refractivity contribution in [3.8, 4) is 11.8 Å². The van der Waals surface area contributed by atoms with E-state index in [9.17, 15) is 20.0 Å². The van der Waals surface area contributed by atoms with E-state index in [0.29, 0.717) is 10.9 Å². The summed E-state index contributed by atoms with van der Waals surface area (Å²) in [6, 6.07) is 16.8. The Balaban J connectivity index is 2.04. The van der Waals surface area contributed by atoms with Crippen LogP contribution in [0.3, 0.4) is 0 Å². The molecule has 27 heavy (non-hydrogen) atoms. The van der Waals surface area contributed by atoms with Crippen LogP contribution in [0.4, 0.5) is 0 Å². The van der Waals surface area contributed by atoms with Gasteiger partial charge >= 0.3 is 5.97 Å². The number of carbonyl (C=O) groups excluding carboxylic acids is 1. The largest absolute Gasteiger partial charge is 0.504 e. The van der Waals surface area contributed by atoms with Gasteiger partial charge in [-0.25, -0.2) is 4.98 Å². The summed E-state index contributed by atoms with van der Waals surface area (Å²) in [4.78, 5) is 29.0. The Hall–Kier alpha value is -3.37. The summed E-state index contributed by atoms with van der Waals surface area (Å²) in [6.07, 6.45) is -0.672. The highest BCUT2D eigenvalue weighted by molar-refractivity contribution is 7.99. The third kappa shape index (κ3) is 4.07. The van der Waals surface area contributed by atoms with Gasteiger partial charge < -0.3 is 10.2 Å². The number of aromatic nitrogens is 1. The van der Waals surface area contributed by atoms with Crippen LogP contribution in [-0.2, 0) is 4.79 Å². The fraction of sp³-hybridized carbons (Fsp3) is 0.100. The van der Waals surface area contributed by atoms with Crippen molar-refractivity contribution < 1.29 is 19.8 Å². The van der Waals surface area contributed by atoms with Crippen molar-refractivity contribution in [3.63, 3.8) is 0 Å². The van der Waals surface area contributed by atoms with Gasteiger partial charge in [-0.3, -0.25) is 9.59 Å². The summed E-state index contributed by atoms with van der Waals surface area (Å²) < 4.78 is 0. The Bertz CT molecular complexity index is 1070. The molecule has 0 atom stereocenters. The molecule has 0 saturated carbocycles. The first kappa shape index (κ1) is 18.4. The maximum absolute atomic E-state index is 12.3. The number of ketones is 1. The molecule has 1 aromatic heterocycles. The Kier molecular flexibility index (Phi) is 5.38. The number of aromatic hydroxyl groups is 1. The van der Waals surface area contributed by atoms with Gasteiger partial charge in [0.1, 0.15) is 17.3 Å². The topological polar surface area (TPSA) is 111 Å². The quantitative estimate of drug-likeness (QED) is 0.623. The van der Waals surface area contributed by atoms with Gasteiger partial charge in [0.25, 0.3) is 0 Å². The molecule has 0 amide bonds. The summed E-state index contributed by atoms with van der Waals surface area (Å²) in [7, 11) is 0. The van der Waals surface area contributed by atoms with Crippen molar-refractivity contribution in [3.05, 3.63) is 59.8 Å². The van der Waals surface area contributed by atoms with E-state index in [-0.39, 0.29) is 24.1 Å². The minimum atomic E-state index is -1.12. The summed E-state index contributed by atoms with van der Waals surface area (Å²) in [5.74, 6) is -2.25. The Morgan fingerprint density at radius 1 is 1.07 bits per heavy atom. The zero-order valence-electron chi connectivity index (χ0n) is 14.0. The van der Waals surface area contributed by atoms with Crippen LogP contribution in [0.1, 0.15) is 28.9 Å². The van der Waals surface area contributed by atoms with Gasteiger partial charge in [0.2, 0.25) is 0 Å². The van der Waals surface area contributed by atoms with Crippen LogP contribution in [-0.4, -0.2) is 26.9 Å². The number of aliphatic carboxylic acids is 1. The number of carbonyl (C=O) groups is 2. The molecule has 0 fully saturated rings. The van der Waals surface area contributed by atoms with Gasteiger partial charge in [0.05, 0.1) is 11.9 Å². The van der Waals surface area contributed by atoms with Crippen molar-refractivity contribution in [1.29, 1.82) is 5.26 Å². The predicted molar refractivity (Wildman–Crippen MR) is 99.9 cm³/mol. The minimum Gasteiger partial charge on any atom is -0.504 e. The Morgan fingerprint density at radius 3 is 2.48 bits per heavy atom. The number of nitrogens with zero attached hydrogens (tertiary/aromatic N) is 2. The molecule has 3 rings (SSSR count). The van der Waals surface area contributed by atoms with Crippen molar-refractivity contribution in [1.82, 2.24) is 4.98 Å². The lowest BCUT2D eigenvalue weighted by Crippen LogP contribution is -2.07. The molecular formula is C20H14N2O4S. The molecule has 0 aliphatic carbocycles. The van der Waals surface area contributed by atoms with Gasteiger partial charge in [-0.2, -0.15) is 5.26 Å². The van der Waals surface area contributed by atoms with Crippen molar-refractivity contribution in [2.45, 2.75) is 22.6 Å². The molecule has 0 saturated heterocycles. The molecule has 0 aliphatic rings. The van der Waals surface area contributed by atoms with Crippen LogP contribution in [0.2, 0.25) is 0 Å². The van der Waals surface area contributed by atoms with Gasteiger partial charge in [0, 0.05) is 21.6 Å². The highest BCUT2D eigenvalue weighted by Crippen LogP contribution is 2.34. The van der Waals surface area contributed by atoms with E-state index in [2.05, 4.69) is 4.98 Å². The minimum absolute atomic E-state index is 0.0464. The second-order valence-corrected chi connectivity index (χ2v) is 6.85. The van der Waals surface area contributed by atoms with E-state index >= 15 is 0 Å². The smallest absolute Gasteiger partial charge is 0.303 e. The van der Waals surface area contributed by atoms with E-state index in [1.807, 2.05) is 42.5 Å². The van der Waals surface area contributed by atoms with Crippen LogP contribution in [0.15, 0.2) is 58.3 Å². The number of hydrogen-bond donors (Lipinski definition) is 2. The second-order valence-electron chi connectivity index (χ2n) is 5.71. The van der Waals surface area contributed by atoms with Crippen molar-refractivity contribution >= 4 is 34.4 Å². The van der Waals surface area contributed by atoms with E-state index in [1.165, 1.54) is 11.8 Å². The molecule has 0 aliphatic heterocycles. The number of Topliss-reactive ketones (excluding diaryl/α,β-unsaturated/α-hetero) is 1. The molecule has 2 aromatic carbocycles. The van der Waals surface area contributed by atoms with E-state index in [0.717, 1.165) is 9.79 Å². The molecule has 0 radical (unpaired) electrons. The highest BCUT2D eigenvalue weighted by Gasteiger charge is 2.20. The van der Waals surface area contributed by atoms with E-state index in [1.54, 1.807) is 12.1 Å². The first-order chi connectivity index (χ1) is 13.0. The van der Waals surface area contributed by atoms with Gasteiger partial charge in [0.15, 0.2) is 11.5 Å².